The standard InChI is InChI=1S/C18H20FNO2/c1-3-17(14-9-7-13(2)8-10-14)20-18(21)12-22-16-6-4-5-15(19)11-16/h4-11,17H,3,12H2,1-2H3,(H,20,21)/t17-/m0/s1. The highest BCUT2D eigenvalue weighted by Crippen LogP contribution is 2.17. The summed E-state index contributed by atoms with van der Waals surface area (Å²) in [6.45, 7) is 3.90. The average molecular weight is 301 g/mol. The zero-order valence-corrected chi connectivity index (χ0v) is 12.8. The molecular weight excluding hydrogens is 281 g/mol. The van der Waals surface area contributed by atoms with E-state index in [9.17, 15) is 9.18 Å². The first-order chi connectivity index (χ1) is 10.6. The van der Waals surface area contributed by atoms with Crippen LogP contribution in [0.4, 0.5) is 4.39 Å². The topological polar surface area (TPSA) is 38.3 Å². The fourth-order valence-corrected chi connectivity index (χ4v) is 2.16. The highest BCUT2D eigenvalue weighted by atomic mass is 19.1. The molecule has 0 saturated heterocycles. The van der Waals surface area contributed by atoms with E-state index in [4.69, 9.17) is 4.74 Å². The summed E-state index contributed by atoms with van der Waals surface area (Å²) in [5.41, 5.74) is 2.24. The summed E-state index contributed by atoms with van der Waals surface area (Å²) in [6, 6.07) is 13.8. The molecule has 0 aromatic heterocycles. The summed E-state index contributed by atoms with van der Waals surface area (Å²) >= 11 is 0. The van der Waals surface area contributed by atoms with E-state index in [0.29, 0.717) is 5.75 Å². The molecule has 1 N–H and O–H groups in total. The van der Waals surface area contributed by atoms with E-state index in [2.05, 4.69) is 5.32 Å². The van der Waals surface area contributed by atoms with E-state index < -0.39 is 0 Å². The Morgan fingerprint density at radius 3 is 2.59 bits per heavy atom. The maximum Gasteiger partial charge on any atom is 0.258 e. The smallest absolute Gasteiger partial charge is 0.258 e. The number of ether oxygens (including phenoxy) is 1. The Labute approximate surface area is 130 Å². The monoisotopic (exact) mass is 301 g/mol. The Morgan fingerprint density at radius 1 is 1.23 bits per heavy atom. The molecule has 0 bridgehead atoms. The van der Waals surface area contributed by atoms with Gasteiger partial charge in [-0.25, -0.2) is 4.39 Å². The van der Waals surface area contributed by atoms with Crippen molar-refractivity contribution in [2.24, 2.45) is 0 Å². The van der Waals surface area contributed by atoms with Gasteiger partial charge < -0.3 is 10.1 Å². The fourth-order valence-electron chi connectivity index (χ4n) is 2.16. The van der Waals surface area contributed by atoms with Gasteiger partial charge in [0.25, 0.3) is 5.91 Å². The Hall–Kier alpha value is -2.36. The number of hydrogen-bond acceptors (Lipinski definition) is 2. The van der Waals surface area contributed by atoms with Crippen LogP contribution < -0.4 is 10.1 Å². The highest BCUT2D eigenvalue weighted by Gasteiger charge is 2.13. The summed E-state index contributed by atoms with van der Waals surface area (Å²) in [6.07, 6.45) is 0.786. The zero-order chi connectivity index (χ0) is 15.9. The fraction of sp³-hybridized carbons (Fsp3) is 0.278. The van der Waals surface area contributed by atoms with Gasteiger partial charge in [-0.1, -0.05) is 42.8 Å². The van der Waals surface area contributed by atoms with Gasteiger partial charge in [-0.15, -0.1) is 0 Å². The number of carbonyl (C=O) groups excluding carboxylic acids is 1. The van der Waals surface area contributed by atoms with Gasteiger partial charge in [0.05, 0.1) is 6.04 Å². The second kappa shape index (κ2) is 7.59. The average Bonchev–Trinajstić information content (AvgIpc) is 2.52. The van der Waals surface area contributed by atoms with E-state index in [1.807, 2.05) is 38.1 Å². The van der Waals surface area contributed by atoms with Gasteiger partial charge in [-0.05, 0) is 31.0 Å². The van der Waals surface area contributed by atoms with Gasteiger partial charge in [0.15, 0.2) is 6.61 Å². The maximum atomic E-state index is 13.0. The number of benzene rings is 2. The van der Waals surface area contributed by atoms with Crippen LogP contribution in [0.3, 0.4) is 0 Å². The molecule has 0 aliphatic carbocycles. The molecule has 116 valence electrons. The lowest BCUT2D eigenvalue weighted by atomic mass is 10.0. The number of rotatable bonds is 6. The molecule has 1 amide bonds. The van der Waals surface area contributed by atoms with Gasteiger partial charge in [-0.2, -0.15) is 0 Å². The van der Waals surface area contributed by atoms with Crippen LogP contribution >= 0.6 is 0 Å². The molecular formula is C18H20FNO2. The lowest BCUT2D eigenvalue weighted by Gasteiger charge is -2.18. The van der Waals surface area contributed by atoms with Crippen LogP contribution in [0.15, 0.2) is 48.5 Å². The largest absolute Gasteiger partial charge is 0.484 e. The van der Waals surface area contributed by atoms with Crippen molar-refractivity contribution >= 4 is 5.91 Å². The van der Waals surface area contributed by atoms with Crippen molar-refractivity contribution in [2.75, 3.05) is 6.61 Å². The van der Waals surface area contributed by atoms with Crippen LogP contribution in [0.5, 0.6) is 5.75 Å². The van der Waals surface area contributed by atoms with Crippen LogP contribution in [0.2, 0.25) is 0 Å². The summed E-state index contributed by atoms with van der Waals surface area (Å²) in [5.74, 6) is -0.265. The van der Waals surface area contributed by atoms with Crippen molar-refractivity contribution in [2.45, 2.75) is 26.3 Å². The van der Waals surface area contributed by atoms with Crippen LogP contribution in [0, 0.1) is 12.7 Å². The predicted molar refractivity (Wildman–Crippen MR) is 84.2 cm³/mol. The molecule has 3 nitrogen and oxygen atoms in total. The molecule has 0 saturated carbocycles. The third-order valence-corrected chi connectivity index (χ3v) is 3.39. The number of aryl methyl sites for hydroxylation is 1. The first kappa shape index (κ1) is 16.0. The third kappa shape index (κ3) is 4.58. The molecule has 1 atom stereocenters. The lowest BCUT2D eigenvalue weighted by molar-refractivity contribution is -0.123. The van der Waals surface area contributed by atoms with Crippen molar-refractivity contribution in [1.29, 1.82) is 0 Å². The molecule has 2 aromatic carbocycles. The number of halogens is 1. The molecule has 2 aromatic rings. The van der Waals surface area contributed by atoms with Crippen LogP contribution in [0.1, 0.15) is 30.5 Å². The number of carbonyl (C=O) groups is 1. The normalized spacial score (nSPS) is 11.8. The highest BCUT2D eigenvalue weighted by molar-refractivity contribution is 5.78. The maximum absolute atomic E-state index is 13.0. The first-order valence-electron chi connectivity index (χ1n) is 7.32. The van der Waals surface area contributed by atoms with Gasteiger partial charge in [0.2, 0.25) is 0 Å². The van der Waals surface area contributed by atoms with Crippen molar-refractivity contribution in [3.63, 3.8) is 0 Å². The second-order valence-corrected chi connectivity index (χ2v) is 5.19. The van der Waals surface area contributed by atoms with E-state index in [1.165, 1.54) is 17.7 Å². The van der Waals surface area contributed by atoms with Gasteiger partial charge >= 0.3 is 0 Å². The Bertz CT molecular complexity index is 625. The van der Waals surface area contributed by atoms with E-state index in [-0.39, 0.29) is 24.4 Å². The summed E-state index contributed by atoms with van der Waals surface area (Å²) < 4.78 is 18.3. The lowest BCUT2D eigenvalue weighted by Crippen LogP contribution is -2.32. The number of nitrogens with one attached hydrogen (secondary N) is 1. The first-order valence-corrected chi connectivity index (χ1v) is 7.32. The minimum atomic E-state index is -0.385. The predicted octanol–water partition coefficient (Wildman–Crippen LogP) is 3.78. The molecule has 4 heteroatoms. The summed E-state index contributed by atoms with van der Waals surface area (Å²) in [7, 11) is 0. The third-order valence-electron chi connectivity index (χ3n) is 3.39. The van der Waals surface area contributed by atoms with Crippen LogP contribution in [-0.4, -0.2) is 12.5 Å². The van der Waals surface area contributed by atoms with Crippen molar-refractivity contribution < 1.29 is 13.9 Å². The van der Waals surface area contributed by atoms with E-state index >= 15 is 0 Å². The molecule has 0 aliphatic heterocycles. The van der Waals surface area contributed by atoms with E-state index in [0.717, 1.165) is 12.0 Å². The quantitative estimate of drug-likeness (QED) is 0.881. The van der Waals surface area contributed by atoms with Gasteiger partial charge in [0.1, 0.15) is 11.6 Å². The molecule has 2 rings (SSSR count). The molecule has 0 fully saturated rings. The Morgan fingerprint density at radius 2 is 1.95 bits per heavy atom. The molecule has 0 heterocycles. The summed E-state index contributed by atoms with van der Waals surface area (Å²) in [4.78, 5) is 12.0. The van der Waals surface area contributed by atoms with Gasteiger partial charge in [0, 0.05) is 6.07 Å². The Kier molecular flexibility index (Phi) is 5.53. The minimum absolute atomic E-state index is 0.0517. The van der Waals surface area contributed by atoms with Gasteiger partial charge in [-0.3, -0.25) is 4.79 Å². The molecule has 0 spiro atoms. The SMILES string of the molecule is CC[C@H](NC(=O)COc1cccc(F)c1)c1ccc(C)cc1. The molecule has 0 radical (unpaired) electrons. The second-order valence-electron chi connectivity index (χ2n) is 5.19. The molecule has 0 aliphatic rings. The molecule has 0 unspecified atom stereocenters. The minimum Gasteiger partial charge on any atom is -0.484 e. The number of hydrogen-bond donors (Lipinski definition) is 1. The van der Waals surface area contributed by atoms with Crippen LogP contribution in [-0.2, 0) is 4.79 Å². The Balaban J connectivity index is 1.90. The number of amides is 1. The zero-order valence-electron chi connectivity index (χ0n) is 12.8. The summed E-state index contributed by atoms with van der Waals surface area (Å²) in [5, 5.41) is 2.93. The van der Waals surface area contributed by atoms with Crippen molar-refractivity contribution in [3.05, 3.63) is 65.5 Å². The van der Waals surface area contributed by atoms with Crippen LogP contribution in [0.25, 0.3) is 0 Å². The molecule has 22 heavy (non-hydrogen) atoms. The van der Waals surface area contributed by atoms with E-state index in [1.54, 1.807) is 12.1 Å². The van der Waals surface area contributed by atoms with Crippen molar-refractivity contribution in [3.8, 4) is 5.75 Å². The van der Waals surface area contributed by atoms with Crippen molar-refractivity contribution in [1.82, 2.24) is 5.32 Å².